The van der Waals surface area contributed by atoms with Crippen molar-refractivity contribution in [3.8, 4) is 23.0 Å². The Morgan fingerprint density at radius 2 is 1.49 bits per heavy atom. The normalized spacial score (nSPS) is 23.5. The van der Waals surface area contributed by atoms with Gasteiger partial charge >= 0.3 is 5.97 Å². The van der Waals surface area contributed by atoms with Crippen LogP contribution in [0.1, 0.15) is 51.4 Å². The van der Waals surface area contributed by atoms with Crippen molar-refractivity contribution in [2.75, 3.05) is 26.6 Å². The summed E-state index contributed by atoms with van der Waals surface area (Å²) in [5.41, 5.74) is -0.147. The second kappa shape index (κ2) is 11.4. The van der Waals surface area contributed by atoms with E-state index in [0.29, 0.717) is 59.4 Å². The minimum absolute atomic E-state index is 0.111. The van der Waals surface area contributed by atoms with Gasteiger partial charge in [0.15, 0.2) is 11.5 Å². The van der Waals surface area contributed by atoms with E-state index in [4.69, 9.17) is 18.9 Å². The molecule has 4 aliphatic rings. The number of hydrogen-bond acceptors (Lipinski definition) is 8. The van der Waals surface area contributed by atoms with Crippen molar-refractivity contribution in [1.82, 2.24) is 10.3 Å². The molecule has 2 amide bonds. The van der Waals surface area contributed by atoms with E-state index >= 15 is 0 Å². The van der Waals surface area contributed by atoms with Crippen molar-refractivity contribution in [3.63, 3.8) is 0 Å². The van der Waals surface area contributed by atoms with Crippen molar-refractivity contribution in [1.29, 1.82) is 0 Å². The molecule has 2 bridgehead atoms. The van der Waals surface area contributed by atoms with Gasteiger partial charge in [-0.25, -0.2) is 0 Å². The number of nitrogens with zero attached hydrogens (tertiary/aromatic N) is 1. The molecule has 10 heteroatoms. The summed E-state index contributed by atoms with van der Waals surface area (Å²) in [5, 5.41) is 6.98. The first-order valence-electron chi connectivity index (χ1n) is 14.8. The van der Waals surface area contributed by atoms with Gasteiger partial charge in [0.2, 0.25) is 11.8 Å². The van der Waals surface area contributed by atoms with E-state index in [1.54, 1.807) is 56.8 Å². The van der Waals surface area contributed by atoms with Crippen molar-refractivity contribution < 1.29 is 33.3 Å². The number of hydrogen-bond donors (Lipinski definition) is 2. The van der Waals surface area contributed by atoms with Gasteiger partial charge in [0.25, 0.3) is 0 Å². The molecule has 43 heavy (non-hydrogen) atoms. The summed E-state index contributed by atoms with van der Waals surface area (Å²) >= 11 is 0. The summed E-state index contributed by atoms with van der Waals surface area (Å²) in [4.78, 5) is 43.6. The molecule has 0 saturated heterocycles. The molecule has 4 saturated carbocycles. The Kier molecular flexibility index (Phi) is 7.62. The molecule has 4 fully saturated rings. The minimum atomic E-state index is -1.06. The molecule has 3 aromatic rings. The van der Waals surface area contributed by atoms with E-state index in [1.807, 2.05) is 6.07 Å². The maximum absolute atomic E-state index is 13.5. The predicted molar refractivity (Wildman–Crippen MR) is 159 cm³/mol. The molecule has 2 aromatic carbocycles. The Morgan fingerprint density at radius 3 is 2.14 bits per heavy atom. The largest absolute Gasteiger partial charge is 0.493 e. The standard InChI is InChI=1S/C33H37N3O7/c1-40-27-18-24-25(19-28(27)41-2)34-17-11-26(24)43-22-6-4-21(5-7-22)35-30(38)33(15-16-33)31(39)36-32-12-8-20(9-13-32)23(10-14-32)29(37)42-3/h4-7,11,17-20,23H,8-10,12-16H2,1-3H3,(H,35,38)(H,36,39). The van der Waals surface area contributed by atoms with Crippen LogP contribution >= 0.6 is 0 Å². The number of carbonyl (C=O) groups excluding carboxylic acids is 3. The number of rotatable bonds is 9. The summed E-state index contributed by atoms with van der Waals surface area (Å²) in [6.07, 6.45) is 7.51. The van der Waals surface area contributed by atoms with E-state index < -0.39 is 5.41 Å². The Hall–Kier alpha value is -4.34. The van der Waals surface area contributed by atoms with Crippen LogP contribution in [0.5, 0.6) is 23.0 Å². The van der Waals surface area contributed by atoms with Gasteiger partial charge in [0.1, 0.15) is 16.9 Å². The van der Waals surface area contributed by atoms with Gasteiger partial charge in [0, 0.05) is 28.9 Å². The molecule has 1 atom stereocenters. The van der Waals surface area contributed by atoms with E-state index in [1.165, 1.54) is 7.11 Å². The third-order valence-corrected chi connectivity index (χ3v) is 9.54. The Morgan fingerprint density at radius 1 is 0.814 bits per heavy atom. The highest BCUT2D eigenvalue weighted by Gasteiger charge is 2.58. The summed E-state index contributed by atoms with van der Waals surface area (Å²) in [5.74, 6) is 1.85. The van der Waals surface area contributed by atoms with Gasteiger partial charge in [-0.15, -0.1) is 0 Å². The fourth-order valence-corrected chi connectivity index (χ4v) is 6.72. The second-order valence-electron chi connectivity index (χ2n) is 11.9. The van der Waals surface area contributed by atoms with Crippen LogP contribution in [0.3, 0.4) is 0 Å². The van der Waals surface area contributed by atoms with Gasteiger partial charge in [0.05, 0.1) is 32.8 Å². The lowest BCUT2D eigenvalue weighted by atomic mass is 9.76. The van der Waals surface area contributed by atoms with Crippen LogP contribution in [-0.2, 0) is 19.1 Å². The van der Waals surface area contributed by atoms with Crippen LogP contribution < -0.4 is 24.8 Å². The Labute approximate surface area is 250 Å². The van der Waals surface area contributed by atoms with Gasteiger partial charge in [-0.1, -0.05) is 0 Å². The molecular formula is C33H37N3O7. The number of methoxy groups -OCH3 is 3. The van der Waals surface area contributed by atoms with Gasteiger partial charge in [-0.3, -0.25) is 19.4 Å². The monoisotopic (exact) mass is 587 g/mol. The predicted octanol–water partition coefficient (Wildman–Crippen LogP) is 5.39. The number of ether oxygens (including phenoxy) is 4. The number of anilines is 1. The number of aromatic nitrogens is 1. The number of nitrogens with one attached hydrogen (secondary N) is 2. The molecule has 0 radical (unpaired) electrons. The molecule has 1 heterocycles. The number of carbonyl (C=O) groups is 3. The number of fused-ring (bicyclic) bond motifs is 5. The number of benzene rings is 2. The average molecular weight is 588 g/mol. The summed E-state index contributed by atoms with van der Waals surface area (Å²) in [6, 6.07) is 12.4. The van der Waals surface area contributed by atoms with Gasteiger partial charge in [-0.2, -0.15) is 0 Å². The zero-order valence-corrected chi connectivity index (χ0v) is 24.7. The topological polar surface area (TPSA) is 125 Å². The number of pyridine rings is 1. The summed E-state index contributed by atoms with van der Waals surface area (Å²) < 4.78 is 22.0. The van der Waals surface area contributed by atoms with Crippen LogP contribution in [0.15, 0.2) is 48.7 Å². The molecule has 4 aliphatic carbocycles. The molecule has 1 unspecified atom stereocenters. The van der Waals surface area contributed by atoms with Crippen molar-refractivity contribution >= 4 is 34.4 Å². The fraction of sp³-hybridized carbons (Fsp3) is 0.455. The lowest BCUT2D eigenvalue weighted by Crippen LogP contribution is -2.53. The van der Waals surface area contributed by atoms with Gasteiger partial charge in [-0.05, 0) is 93.7 Å². The Balaban J connectivity index is 1.10. The van der Waals surface area contributed by atoms with E-state index in [2.05, 4.69) is 15.6 Å². The van der Waals surface area contributed by atoms with Crippen LogP contribution in [0.2, 0.25) is 0 Å². The smallest absolute Gasteiger partial charge is 0.308 e. The Bertz CT molecular complexity index is 1540. The lowest BCUT2D eigenvalue weighted by molar-refractivity contribution is -0.147. The minimum Gasteiger partial charge on any atom is -0.493 e. The highest BCUT2D eigenvalue weighted by atomic mass is 16.5. The highest BCUT2D eigenvalue weighted by Crippen LogP contribution is 2.50. The molecule has 0 spiro atoms. The zero-order chi connectivity index (χ0) is 30.2. The first kappa shape index (κ1) is 28.8. The zero-order valence-electron chi connectivity index (χ0n) is 24.7. The third-order valence-electron chi connectivity index (χ3n) is 9.54. The molecule has 226 valence electrons. The second-order valence-corrected chi connectivity index (χ2v) is 11.9. The number of esters is 1. The average Bonchev–Trinajstić information content (AvgIpc) is 3.88. The quantitative estimate of drug-likeness (QED) is 0.252. The van der Waals surface area contributed by atoms with Crippen LogP contribution in [0, 0.1) is 17.3 Å². The molecule has 10 nitrogen and oxygen atoms in total. The maximum atomic E-state index is 13.5. The molecule has 0 aliphatic heterocycles. The molecule has 1 aromatic heterocycles. The van der Waals surface area contributed by atoms with Crippen molar-refractivity contribution in [2.45, 2.75) is 56.9 Å². The van der Waals surface area contributed by atoms with Crippen LogP contribution in [-0.4, -0.2) is 49.6 Å². The van der Waals surface area contributed by atoms with Crippen LogP contribution in [0.4, 0.5) is 5.69 Å². The van der Waals surface area contributed by atoms with E-state index in [9.17, 15) is 14.4 Å². The third kappa shape index (κ3) is 5.46. The first-order valence-corrected chi connectivity index (χ1v) is 14.8. The first-order chi connectivity index (χ1) is 20.8. The van der Waals surface area contributed by atoms with Crippen LogP contribution in [0.25, 0.3) is 10.9 Å². The lowest BCUT2D eigenvalue weighted by Gasteiger charge is -2.39. The highest BCUT2D eigenvalue weighted by molar-refractivity contribution is 6.13. The van der Waals surface area contributed by atoms with E-state index in [0.717, 1.165) is 37.5 Å². The fourth-order valence-electron chi connectivity index (χ4n) is 6.72. The number of amides is 2. The molecule has 2 N–H and O–H groups in total. The van der Waals surface area contributed by atoms with Crippen molar-refractivity contribution in [2.24, 2.45) is 17.3 Å². The molecule has 7 rings (SSSR count). The van der Waals surface area contributed by atoms with Gasteiger partial charge < -0.3 is 29.6 Å². The van der Waals surface area contributed by atoms with Crippen molar-refractivity contribution in [3.05, 3.63) is 48.7 Å². The van der Waals surface area contributed by atoms with E-state index in [-0.39, 0.29) is 29.2 Å². The molecular weight excluding hydrogens is 550 g/mol. The maximum Gasteiger partial charge on any atom is 0.308 e. The summed E-state index contributed by atoms with van der Waals surface area (Å²) in [7, 11) is 4.59. The summed E-state index contributed by atoms with van der Waals surface area (Å²) in [6.45, 7) is 0. The SMILES string of the molecule is COC(=O)C1CCC2(NC(=O)C3(C(=O)Nc4ccc(Oc5ccnc6cc(OC)c(OC)cc56)cc4)CC3)CCC1CC2.